The van der Waals surface area contributed by atoms with Crippen molar-refractivity contribution in [3.05, 3.63) is 65.3 Å². The number of benzene rings is 2. The molecule has 0 unspecified atom stereocenters. The molecule has 0 fully saturated rings. The molecule has 1 N–H and O–H groups in total. The first-order valence-corrected chi connectivity index (χ1v) is 7.44. The van der Waals surface area contributed by atoms with Gasteiger partial charge in [-0.3, -0.25) is 14.3 Å². The topological polar surface area (TPSA) is 96.2 Å². The third-order valence-corrected chi connectivity index (χ3v) is 3.42. The Hall–Kier alpha value is -2.38. The van der Waals surface area contributed by atoms with E-state index in [4.69, 9.17) is 4.55 Å². The van der Waals surface area contributed by atoms with Gasteiger partial charge in [-0.1, -0.05) is 30.3 Å². The third-order valence-electron chi connectivity index (χ3n) is 2.55. The highest BCUT2D eigenvalue weighted by molar-refractivity contribution is 7.85. The van der Waals surface area contributed by atoms with Gasteiger partial charge < -0.3 is 0 Å². The van der Waals surface area contributed by atoms with Crippen molar-refractivity contribution < 1.29 is 17.8 Å². The lowest BCUT2D eigenvalue weighted by atomic mass is 10.3. The van der Waals surface area contributed by atoms with Crippen LogP contribution in [0.3, 0.4) is 0 Å². The molecule has 1 aliphatic heterocycles. The molecule has 6 nitrogen and oxygen atoms in total. The molecule has 1 heterocycles. The second-order valence-electron chi connectivity index (χ2n) is 4.10. The third kappa shape index (κ3) is 4.30. The van der Waals surface area contributed by atoms with Gasteiger partial charge in [0.1, 0.15) is 6.54 Å². The molecule has 0 atom stereocenters. The molecule has 7 heteroatoms. The predicted molar refractivity (Wildman–Crippen MR) is 74.9 cm³/mol. The van der Waals surface area contributed by atoms with E-state index in [0.29, 0.717) is 5.36 Å². The number of rotatable bonds is 1. The lowest BCUT2D eigenvalue weighted by Gasteiger charge is -1.95. The van der Waals surface area contributed by atoms with Gasteiger partial charge in [-0.05, 0) is 24.3 Å². The van der Waals surface area contributed by atoms with Crippen LogP contribution in [0, 0.1) is 0 Å². The molecule has 21 heavy (non-hydrogen) atoms. The normalized spacial score (nSPS) is 13.1. The van der Waals surface area contributed by atoms with E-state index in [1.165, 1.54) is 12.1 Å². The fraction of sp³-hybridized carbons (Fsp3) is 0.0714. The summed E-state index contributed by atoms with van der Waals surface area (Å²) in [5, 5.41) is 1.50. The first-order valence-electron chi connectivity index (χ1n) is 6.00. The second-order valence-corrected chi connectivity index (χ2v) is 5.52. The van der Waals surface area contributed by atoms with Crippen LogP contribution in [0.4, 0.5) is 0 Å². The molecule has 2 aromatic carbocycles. The van der Waals surface area contributed by atoms with E-state index < -0.39 is 10.1 Å². The highest BCUT2D eigenvalue weighted by Gasteiger charge is 2.05. The Bertz CT molecular complexity index is 861. The summed E-state index contributed by atoms with van der Waals surface area (Å²) in [5.74, 6) is -0.163. The Morgan fingerprint density at radius 1 is 0.905 bits per heavy atom. The minimum atomic E-state index is -4.00. The summed E-state index contributed by atoms with van der Waals surface area (Å²) in [6, 6.07) is 14.8. The standard InChI is InChI=1S/C8H6N2O.C6H6O3S/c11-8-5-9-6-3-1-2-4-7(6)10-8;7-10(8,9)6-4-2-1-3-5-6/h1-4H,5H2;1-5H,(H,7,8,9). The highest BCUT2D eigenvalue weighted by Crippen LogP contribution is 2.05. The molecule has 0 bridgehead atoms. The Morgan fingerprint density at radius 3 is 2.05 bits per heavy atom. The number of nitrogens with zero attached hydrogens (tertiary/aromatic N) is 2. The smallest absolute Gasteiger partial charge is 0.282 e. The summed E-state index contributed by atoms with van der Waals surface area (Å²) in [4.78, 5) is 18.5. The molecule has 0 spiro atoms. The van der Waals surface area contributed by atoms with Gasteiger partial charge in [0.2, 0.25) is 0 Å². The Labute approximate surface area is 121 Å². The maximum Gasteiger partial charge on any atom is 0.294 e. The second kappa shape index (κ2) is 6.38. The van der Waals surface area contributed by atoms with E-state index in [0.717, 1.165) is 5.36 Å². The number of hydrogen-bond acceptors (Lipinski definition) is 4. The quantitative estimate of drug-likeness (QED) is 0.771. The summed E-state index contributed by atoms with van der Waals surface area (Å²) in [6.07, 6.45) is 0. The van der Waals surface area contributed by atoms with Crippen molar-refractivity contribution in [1.29, 1.82) is 0 Å². The first-order chi connectivity index (χ1) is 9.97. The number of carbonyl (C=O) groups is 1. The van der Waals surface area contributed by atoms with E-state index in [1.54, 1.807) is 24.3 Å². The van der Waals surface area contributed by atoms with Crippen LogP contribution in [0.5, 0.6) is 0 Å². The molecule has 0 aliphatic carbocycles. The van der Waals surface area contributed by atoms with Gasteiger partial charge in [-0.15, -0.1) is 0 Å². The van der Waals surface area contributed by atoms with Crippen LogP contribution in [0.25, 0.3) is 0 Å². The molecule has 0 saturated carbocycles. The van der Waals surface area contributed by atoms with E-state index in [1.807, 2.05) is 18.2 Å². The highest BCUT2D eigenvalue weighted by atomic mass is 32.2. The van der Waals surface area contributed by atoms with Crippen LogP contribution in [-0.4, -0.2) is 25.4 Å². The maximum absolute atomic E-state index is 10.8. The van der Waals surface area contributed by atoms with E-state index in [-0.39, 0.29) is 17.3 Å². The van der Waals surface area contributed by atoms with Crippen molar-refractivity contribution in [2.24, 2.45) is 9.98 Å². The van der Waals surface area contributed by atoms with Crippen LogP contribution in [0.15, 0.2) is 69.5 Å². The molecule has 1 aliphatic rings. The first kappa shape index (κ1) is 15.0. The van der Waals surface area contributed by atoms with Gasteiger partial charge in [0.15, 0.2) is 0 Å². The van der Waals surface area contributed by atoms with Crippen molar-refractivity contribution in [1.82, 2.24) is 0 Å². The van der Waals surface area contributed by atoms with Crippen molar-refractivity contribution >= 4 is 16.0 Å². The molecule has 1 amide bonds. The van der Waals surface area contributed by atoms with Crippen LogP contribution in [0.1, 0.15) is 0 Å². The van der Waals surface area contributed by atoms with Crippen molar-refractivity contribution in [2.75, 3.05) is 6.54 Å². The minimum Gasteiger partial charge on any atom is -0.282 e. The van der Waals surface area contributed by atoms with Gasteiger partial charge in [0.05, 0.1) is 15.6 Å². The molecule has 0 radical (unpaired) electrons. The van der Waals surface area contributed by atoms with Crippen LogP contribution in [-0.2, 0) is 14.9 Å². The number of fused-ring (bicyclic) bond motifs is 1. The maximum atomic E-state index is 10.8. The van der Waals surface area contributed by atoms with Crippen LogP contribution in [0.2, 0.25) is 0 Å². The molecule has 108 valence electrons. The van der Waals surface area contributed by atoms with Gasteiger partial charge in [-0.25, -0.2) is 4.99 Å². The van der Waals surface area contributed by atoms with Crippen LogP contribution >= 0.6 is 0 Å². The van der Waals surface area contributed by atoms with E-state index in [9.17, 15) is 13.2 Å². The Morgan fingerprint density at radius 2 is 1.48 bits per heavy atom. The van der Waals surface area contributed by atoms with Crippen molar-refractivity contribution in [3.63, 3.8) is 0 Å². The fourth-order valence-electron chi connectivity index (χ4n) is 1.61. The van der Waals surface area contributed by atoms with Gasteiger partial charge in [0.25, 0.3) is 16.0 Å². The Kier molecular flexibility index (Phi) is 4.56. The van der Waals surface area contributed by atoms with E-state index in [2.05, 4.69) is 9.98 Å². The molecule has 0 aromatic heterocycles. The zero-order valence-corrected chi connectivity index (χ0v) is 11.7. The number of hydrogen-bond donors (Lipinski definition) is 1. The van der Waals surface area contributed by atoms with Crippen LogP contribution < -0.4 is 10.7 Å². The number of carbonyl (C=O) groups excluding carboxylic acids is 1. The summed E-state index contributed by atoms with van der Waals surface area (Å²) in [7, 11) is -4.00. The van der Waals surface area contributed by atoms with Gasteiger partial charge >= 0.3 is 0 Å². The van der Waals surface area contributed by atoms with Crippen molar-refractivity contribution in [2.45, 2.75) is 4.90 Å². The lowest BCUT2D eigenvalue weighted by Crippen LogP contribution is -2.31. The van der Waals surface area contributed by atoms with E-state index >= 15 is 0 Å². The average Bonchev–Trinajstić information content (AvgIpc) is 2.48. The zero-order valence-electron chi connectivity index (χ0n) is 10.9. The number of amides is 1. The molecule has 2 aromatic rings. The fourth-order valence-corrected chi connectivity index (χ4v) is 2.11. The van der Waals surface area contributed by atoms with Gasteiger partial charge in [0, 0.05) is 0 Å². The number of para-hydroxylation sites is 2. The average molecular weight is 304 g/mol. The molecular weight excluding hydrogens is 292 g/mol. The summed E-state index contributed by atoms with van der Waals surface area (Å²) in [6.45, 7) is 0.191. The van der Waals surface area contributed by atoms with Gasteiger partial charge in [-0.2, -0.15) is 8.42 Å². The predicted octanol–water partition coefficient (Wildman–Crippen LogP) is 0.399. The SMILES string of the molecule is O=C1CN=c2ccccc2=N1.O=S(=O)(O)c1ccccc1. The van der Waals surface area contributed by atoms with Crippen molar-refractivity contribution in [3.8, 4) is 0 Å². The molecular formula is C14H12N2O4S. The minimum absolute atomic E-state index is 0.0741. The Balaban J connectivity index is 0.000000155. The molecule has 0 saturated heterocycles. The zero-order chi connectivity index (χ0) is 15.3. The summed E-state index contributed by atoms with van der Waals surface area (Å²) >= 11 is 0. The summed E-state index contributed by atoms with van der Waals surface area (Å²) < 4.78 is 29.2. The monoisotopic (exact) mass is 304 g/mol. The molecule has 3 rings (SSSR count). The summed E-state index contributed by atoms with van der Waals surface area (Å²) in [5.41, 5.74) is 0. The largest absolute Gasteiger partial charge is 0.294 e. The lowest BCUT2D eigenvalue weighted by molar-refractivity contribution is -0.116.